The van der Waals surface area contributed by atoms with E-state index in [4.69, 9.17) is 11.6 Å². The molecule has 1 saturated heterocycles. The van der Waals surface area contributed by atoms with Crippen molar-refractivity contribution in [2.24, 2.45) is 11.8 Å². The van der Waals surface area contributed by atoms with Gasteiger partial charge in [-0.05, 0) is 24.1 Å². The topological polar surface area (TPSA) is 86.7 Å². The highest BCUT2D eigenvalue weighted by atomic mass is 35.5. The number of likely N-dealkylation sites (tertiary alicyclic amines) is 1. The molecule has 1 heterocycles. The molecule has 0 spiro atoms. The minimum absolute atomic E-state index is 0.00187. The van der Waals surface area contributed by atoms with Crippen molar-refractivity contribution in [1.82, 2.24) is 10.2 Å². The monoisotopic (exact) mass is 384 g/mol. The lowest BCUT2D eigenvalue weighted by molar-refractivity contribution is -0.142. The first kappa shape index (κ1) is 20.2. The fourth-order valence-electron chi connectivity index (χ4n) is 3.27. The Balaban J connectivity index is 2.17. The molecule has 1 aliphatic rings. The Labute approximate surface area is 156 Å². The van der Waals surface area contributed by atoms with Gasteiger partial charge in [0.05, 0.1) is 22.9 Å². The van der Waals surface area contributed by atoms with Crippen LogP contribution in [0.5, 0.6) is 0 Å². The maximum atomic E-state index is 13.8. The number of carbonyl (C=O) groups excluding carboxylic acids is 2. The van der Waals surface area contributed by atoms with Gasteiger partial charge in [-0.1, -0.05) is 31.0 Å². The first-order valence-corrected chi connectivity index (χ1v) is 8.85. The maximum absolute atomic E-state index is 13.8. The van der Waals surface area contributed by atoms with E-state index in [-0.39, 0.29) is 23.9 Å². The summed E-state index contributed by atoms with van der Waals surface area (Å²) in [6.07, 6.45) is 1.12. The van der Waals surface area contributed by atoms with E-state index >= 15 is 0 Å². The lowest BCUT2D eigenvalue weighted by Gasteiger charge is -2.25. The van der Waals surface area contributed by atoms with Gasteiger partial charge in [0.25, 0.3) is 0 Å². The van der Waals surface area contributed by atoms with Crippen LogP contribution < -0.4 is 5.32 Å². The van der Waals surface area contributed by atoms with Crippen molar-refractivity contribution in [3.05, 3.63) is 34.6 Å². The molecule has 3 unspecified atom stereocenters. The maximum Gasteiger partial charge on any atom is 0.308 e. The van der Waals surface area contributed by atoms with E-state index in [9.17, 15) is 23.9 Å². The van der Waals surface area contributed by atoms with Crippen LogP contribution in [0, 0.1) is 17.7 Å². The molecule has 2 rings (SSSR count). The van der Waals surface area contributed by atoms with Crippen LogP contribution >= 0.6 is 11.6 Å². The summed E-state index contributed by atoms with van der Waals surface area (Å²) in [5.74, 6) is -3.62. The zero-order valence-electron chi connectivity index (χ0n) is 14.7. The van der Waals surface area contributed by atoms with Gasteiger partial charge >= 0.3 is 5.97 Å². The highest BCUT2D eigenvalue weighted by Gasteiger charge is 2.43. The lowest BCUT2D eigenvalue weighted by Crippen LogP contribution is -2.38. The fraction of sp³-hybridized carbons (Fsp3) is 0.500. The Morgan fingerprint density at radius 3 is 2.73 bits per heavy atom. The van der Waals surface area contributed by atoms with E-state index in [0.717, 1.165) is 0 Å². The number of nitrogens with zero attached hydrogens (tertiary/aromatic N) is 1. The minimum Gasteiger partial charge on any atom is -0.481 e. The van der Waals surface area contributed by atoms with Gasteiger partial charge < -0.3 is 15.3 Å². The summed E-state index contributed by atoms with van der Waals surface area (Å²) in [5.41, 5.74) is 0.476. The predicted octanol–water partition coefficient (Wildman–Crippen LogP) is 2.62. The van der Waals surface area contributed by atoms with E-state index in [1.165, 1.54) is 17.0 Å². The lowest BCUT2D eigenvalue weighted by atomic mass is 9.92. The number of aliphatic carboxylic acids is 1. The van der Waals surface area contributed by atoms with Gasteiger partial charge in [-0.25, -0.2) is 4.39 Å². The second-order valence-corrected chi connectivity index (χ2v) is 6.91. The largest absolute Gasteiger partial charge is 0.481 e. The number of hydrogen-bond donors (Lipinski definition) is 2. The van der Waals surface area contributed by atoms with Crippen LogP contribution in [0.3, 0.4) is 0 Å². The van der Waals surface area contributed by atoms with E-state index in [1.54, 1.807) is 13.1 Å². The van der Waals surface area contributed by atoms with Gasteiger partial charge in [-0.2, -0.15) is 0 Å². The summed E-state index contributed by atoms with van der Waals surface area (Å²) in [7, 11) is 1.56. The average Bonchev–Trinajstić information content (AvgIpc) is 2.89. The average molecular weight is 385 g/mol. The zero-order chi connectivity index (χ0) is 19.4. The standard InChI is InChI=1S/C18H22ClFN2O4/c1-3-4-11(18(25)26)9-21-17(24)12-8-15(23)22(2)16(12)10-5-6-13(19)14(20)7-10/h5-7,11-12,16H,3-4,8-9H2,1-2H3,(H,21,24)(H,25,26). The molecule has 1 aromatic rings. The van der Waals surface area contributed by atoms with Gasteiger partial charge in [0.15, 0.2) is 0 Å². The van der Waals surface area contributed by atoms with Crippen molar-refractivity contribution in [3.63, 3.8) is 0 Å². The molecule has 6 nitrogen and oxygen atoms in total. The molecule has 0 radical (unpaired) electrons. The molecule has 3 atom stereocenters. The van der Waals surface area contributed by atoms with Gasteiger partial charge in [0.1, 0.15) is 5.82 Å². The first-order valence-electron chi connectivity index (χ1n) is 8.47. The molecule has 0 bridgehead atoms. The zero-order valence-corrected chi connectivity index (χ0v) is 15.4. The number of benzene rings is 1. The second kappa shape index (κ2) is 8.49. The van der Waals surface area contributed by atoms with E-state index in [0.29, 0.717) is 18.4 Å². The summed E-state index contributed by atoms with van der Waals surface area (Å²) in [6.45, 7) is 1.87. The van der Waals surface area contributed by atoms with E-state index < -0.39 is 35.6 Å². The summed E-state index contributed by atoms with van der Waals surface area (Å²) in [5, 5.41) is 11.8. The SMILES string of the molecule is CCCC(CNC(=O)C1CC(=O)N(C)C1c1ccc(Cl)c(F)c1)C(=O)O. The van der Waals surface area contributed by atoms with Crippen molar-refractivity contribution < 1.29 is 23.9 Å². The number of carboxylic acids is 1. The van der Waals surface area contributed by atoms with Crippen molar-refractivity contribution in [2.75, 3.05) is 13.6 Å². The molecule has 26 heavy (non-hydrogen) atoms. The minimum atomic E-state index is -0.969. The highest BCUT2D eigenvalue weighted by Crippen LogP contribution is 2.38. The van der Waals surface area contributed by atoms with Crippen LogP contribution in [0.2, 0.25) is 5.02 Å². The van der Waals surface area contributed by atoms with Crippen LogP contribution in [0.4, 0.5) is 4.39 Å². The molecule has 1 aromatic carbocycles. The number of carbonyl (C=O) groups is 3. The van der Waals surface area contributed by atoms with Gasteiger partial charge in [-0.15, -0.1) is 0 Å². The molecule has 1 fully saturated rings. The highest BCUT2D eigenvalue weighted by molar-refractivity contribution is 6.30. The fourth-order valence-corrected chi connectivity index (χ4v) is 3.39. The Morgan fingerprint density at radius 1 is 1.46 bits per heavy atom. The van der Waals surface area contributed by atoms with Crippen LogP contribution in [-0.4, -0.2) is 41.4 Å². The number of hydrogen-bond acceptors (Lipinski definition) is 3. The van der Waals surface area contributed by atoms with Crippen LogP contribution in [0.15, 0.2) is 18.2 Å². The molecule has 1 aliphatic heterocycles. The molecule has 0 aliphatic carbocycles. The van der Waals surface area contributed by atoms with E-state index in [1.807, 2.05) is 6.92 Å². The third-order valence-electron chi connectivity index (χ3n) is 4.72. The third-order valence-corrected chi connectivity index (χ3v) is 5.02. The Kier molecular flexibility index (Phi) is 6.58. The number of amides is 2. The summed E-state index contributed by atoms with van der Waals surface area (Å²) >= 11 is 5.70. The van der Waals surface area contributed by atoms with Crippen LogP contribution in [0.25, 0.3) is 0 Å². The molecule has 142 valence electrons. The number of carboxylic acid groups (broad SMARTS) is 1. The first-order chi connectivity index (χ1) is 12.3. The predicted molar refractivity (Wildman–Crippen MR) is 94.1 cm³/mol. The summed E-state index contributed by atoms with van der Waals surface area (Å²) < 4.78 is 13.8. The molecule has 8 heteroatoms. The third kappa shape index (κ3) is 4.33. The Morgan fingerprint density at radius 2 is 2.15 bits per heavy atom. The van der Waals surface area contributed by atoms with Crippen molar-refractivity contribution in [1.29, 1.82) is 0 Å². The van der Waals surface area contributed by atoms with Crippen molar-refractivity contribution >= 4 is 29.4 Å². The second-order valence-electron chi connectivity index (χ2n) is 6.50. The van der Waals surface area contributed by atoms with Crippen LogP contribution in [-0.2, 0) is 14.4 Å². The molecular formula is C18H22ClFN2O4. The summed E-state index contributed by atoms with van der Waals surface area (Å²) in [6, 6.07) is 3.57. The van der Waals surface area contributed by atoms with Gasteiger partial charge in [-0.3, -0.25) is 14.4 Å². The summed E-state index contributed by atoms with van der Waals surface area (Å²) in [4.78, 5) is 37.3. The number of nitrogens with one attached hydrogen (secondary N) is 1. The Bertz CT molecular complexity index is 712. The van der Waals surface area contributed by atoms with Crippen molar-refractivity contribution in [2.45, 2.75) is 32.2 Å². The quantitative estimate of drug-likeness (QED) is 0.756. The normalized spacial score (nSPS) is 20.9. The van der Waals surface area contributed by atoms with Gasteiger partial charge in [0, 0.05) is 20.0 Å². The van der Waals surface area contributed by atoms with Crippen molar-refractivity contribution in [3.8, 4) is 0 Å². The molecule has 2 N–H and O–H groups in total. The molecule has 0 aromatic heterocycles. The molecular weight excluding hydrogens is 363 g/mol. The molecule has 2 amide bonds. The van der Waals surface area contributed by atoms with Gasteiger partial charge in [0.2, 0.25) is 11.8 Å². The number of halogens is 2. The van der Waals surface area contributed by atoms with Crippen LogP contribution in [0.1, 0.15) is 37.8 Å². The molecule has 0 saturated carbocycles. The smallest absolute Gasteiger partial charge is 0.308 e. The van der Waals surface area contributed by atoms with E-state index in [2.05, 4.69) is 5.32 Å². The number of rotatable bonds is 7. The Hall–Kier alpha value is -2.15.